The molecule has 2 bridgehead atoms. The molecule has 13 heteroatoms. The third-order valence-electron chi connectivity index (χ3n) is 9.68. The average molecular weight is 638 g/mol. The number of carbonyl (C=O) groups is 4. The van der Waals surface area contributed by atoms with Crippen LogP contribution in [0.15, 0.2) is 54.3 Å². The number of likely N-dealkylation sites (tertiary alicyclic amines) is 1. The van der Waals surface area contributed by atoms with E-state index in [1.54, 1.807) is 30.3 Å². The van der Waals surface area contributed by atoms with Gasteiger partial charge in [0.25, 0.3) is 0 Å². The Bertz CT molecular complexity index is 1610. The molecule has 7 atom stereocenters. The first-order valence-corrected chi connectivity index (χ1v) is 15.0. The highest BCUT2D eigenvalue weighted by atomic mass is 16.6. The van der Waals surface area contributed by atoms with Crippen LogP contribution in [0, 0.1) is 0 Å². The van der Waals surface area contributed by atoms with Crippen LogP contribution < -0.4 is 4.74 Å². The van der Waals surface area contributed by atoms with Crippen LogP contribution in [-0.2, 0) is 51.8 Å². The minimum absolute atomic E-state index is 0.125. The lowest BCUT2D eigenvalue weighted by molar-refractivity contribution is -0.181. The quantitative estimate of drug-likeness (QED) is 0.214. The van der Waals surface area contributed by atoms with Crippen molar-refractivity contribution in [1.82, 2.24) is 4.90 Å². The Morgan fingerprint density at radius 2 is 1.83 bits per heavy atom. The molecule has 1 spiro atoms. The van der Waals surface area contributed by atoms with Crippen molar-refractivity contribution in [1.29, 1.82) is 0 Å². The van der Waals surface area contributed by atoms with E-state index >= 15 is 0 Å². The number of aliphatic hydroxyl groups is 3. The summed E-state index contributed by atoms with van der Waals surface area (Å²) in [5.41, 5.74) is 0.334. The van der Waals surface area contributed by atoms with Crippen molar-refractivity contribution in [2.24, 2.45) is 0 Å². The van der Waals surface area contributed by atoms with Crippen molar-refractivity contribution in [2.45, 2.75) is 80.7 Å². The van der Waals surface area contributed by atoms with Crippen LogP contribution >= 0.6 is 0 Å². The van der Waals surface area contributed by atoms with Gasteiger partial charge >= 0.3 is 23.9 Å². The summed E-state index contributed by atoms with van der Waals surface area (Å²) in [6, 6.07) is 11.2. The van der Waals surface area contributed by atoms with Crippen LogP contribution in [0.4, 0.5) is 0 Å². The van der Waals surface area contributed by atoms with Gasteiger partial charge in [-0.3, -0.25) is 4.79 Å². The molecule has 0 aromatic heterocycles. The first kappa shape index (κ1) is 31.7. The molecular formula is C33H35NO12. The standard InChI is InChI=1S/C33H35NO12/c1-17(29(38)39)43-31(41)27(18-6-4-3-5-7-18)46-30(40)21(36)15-24(37)44-22-10-11-33(42)23-14-19-8-9-20(16-35)26-25(19)32(33,28(22)45-26)12-13-34(23)2/h3-10,17,21,23,27-28,35-36,42H,11-16H2,1-2H3,(H,38,39)/t17-,21-,23+,27-,28-,32-,33+/m0/s1. The number of rotatable bonds is 10. The first-order chi connectivity index (χ1) is 21.9. The van der Waals surface area contributed by atoms with Gasteiger partial charge in [-0.1, -0.05) is 42.5 Å². The van der Waals surface area contributed by atoms with Gasteiger partial charge in [0.1, 0.15) is 11.5 Å². The lowest BCUT2D eigenvalue weighted by Crippen LogP contribution is -2.74. The van der Waals surface area contributed by atoms with Gasteiger partial charge in [-0.2, -0.15) is 0 Å². The van der Waals surface area contributed by atoms with E-state index in [1.807, 2.05) is 13.1 Å². The Balaban J connectivity index is 1.19. The molecule has 2 heterocycles. The highest BCUT2D eigenvalue weighted by Crippen LogP contribution is 2.64. The SMILES string of the molecule is C[C@H](OC(=O)[C@@H](OC(=O)[C@@H](O)CC(=O)OC1=CC[C@@]2(O)[C@H]3Cc4ccc(CO)c5c4[C@@]2(CCN3C)[C@H]1O5)c1ccccc1)C(=O)O. The lowest BCUT2D eigenvalue weighted by Gasteiger charge is -2.61. The van der Waals surface area contributed by atoms with Gasteiger partial charge in [0.2, 0.25) is 6.10 Å². The third kappa shape index (κ3) is 4.94. The van der Waals surface area contributed by atoms with E-state index in [-0.39, 0.29) is 30.4 Å². The maximum Gasteiger partial charge on any atom is 0.353 e. The number of esters is 3. The minimum atomic E-state index is -2.04. The first-order valence-electron chi connectivity index (χ1n) is 15.0. The topological polar surface area (TPSA) is 189 Å². The molecule has 1 fully saturated rings. The Morgan fingerprint density at radius 1 is 1.09 bits per heavy atom. The van der Waals surface area contributed by atoms with Gasteiger partial charge < -0.3 is 44.3 Å². The number of aliphatic hydroxyl groups excluding tert-OH is 2. The summed E-state index contributed by atoms with van der Waals surface area (Å²) in [4.78, 5) is 52.1. The summed E-state index contributed by atoms with van der Waals surface area (Å²) in [6.07, 6.45) is -4.18. The van der Waals surface area contributed by atoms with E-state index < -0.39 is 65.7 Å². The van der Waals surface area contributed by atoms with Crippen molar-refractivity contribution in [3.8, 4) is 5.75 Å². The molecule has 0 amide bonds. The predicted octanol–water partition coefficient (Wildman–Crippen LogP) is 1.05. The fourth-order valence-electron chi connectivity index (χ4n) is 7.41. The molecular weight excluding hydrogens is 602 g/mol. The number of benzene rings is 2. The fraction of sp³-hybridized carbons (Fsp3) is 0.455. The molecule has 0 unspecified atom stereocenters. The summed E-state index contributed by atoms with van der Waals surface area (Å²) < 4.78 is 22.2. The molecule has 2 aliphatic carbocycles. The summed E-state index contributed by atoms with van der Waals surface area (Å²) in [5, 5.41) is 42.1. The highest BCUT2D eigenvalue weighted by molar-refractivity contribution is 5.86. The second kappa shape index (κ2) is 11.8. The molecule has 4 aliphatic rings. The largest absolute Gasteiger partial charge is 0.481 e. The molecule has 2 aliphatic heterocycles. The van der Waals surface area contributed by atoms with Gasteiger partial charge in [0.15, 0.2) is 18.3 Å². The number of hydrogen-bond acceptors (Lipinski definition) is 12. The second-order valence-corrected chi connectivity index (χ2v) is 12.2. The second-order valence-electron chi connectivity index (χ2n) is 12.2. The number of nitrogens with zero attached hydrogens (tertiary/aromatic N) is 1. The van der Waals surface area contributed by atoms with E-state index in [2.05, 4.69) is 4.90 Å². The molecule has 46 heavy (non-hydrogen) atoms. The molecule has 1 saturated heterocycles. The summed E-state index contributed by atoms with van der Waals surface area (Å²) >= 11 is 0. The molecule has 13 nitrogen and oxygen atoms in total. The zero-order valence-corrected chi connectivity index (χ0v) is 25.3. The number of hydrogen-bond donors (Lipinski definition) is 4. The van der Waals surface area contributed by atoms with E-state index in [1.165, 1.54) is 12.1 Å². The van der Waals surface area contributed by atoms with E-state index in [0.717, 1.165) is 18.1 Å². The normalized spacial score (nSPS) is 27.6. The molecule has 0 radical (unpaired) electrons. The van der Waals surface area contributed by atoms with Crippen LogP contribution in [0.25, 0.3) is 0 Å². The molecule has 2 aromatic carbocycles. The summed E-state index contributed by atoms with van der Waals surface area (Å²) in [7, 11) is 1.96. The van der Waals surface area contributed by atoms with E-state index in [9.17, 15) is 34.5 Å². The third-order valence-corrected chi connectivity index (χ3v) is 9.68. The van der Waals surface area contributed by atoms with E-state index in [4.69, 9.17) is 24.1 Å². The monoisotopic (exact) mass is 637 g/mol. The minimum Gasteiger partial charge on any atom is -0.481 e. The number of piperidine rings is 1. The number of carboxylic acid groups (broad SMARTS) is 1. The Labute approximate surface area is 263 Å². The van der Waals surface area contributed by atoms with Crippen LogP contribution in [0.2, 0.25) is 0 Å². The van der Waals surface area contributed by atoms with Gasteiger partial charge in [-0.25, -0.2) is 14.4 Å². The number of carbonyl (C=O) groups excluding carboxylic acids is 3. The lowest BCUT2D eigenvalue weighted by atomic mass is 9.50. The van der Waals surface area contributed by atoms with Crippen LogP contribution in [0.1, 0.15) is 54.5 Å². The number of likely N-dealkylation sites (N-methyl/N-ethyl adjacent to an activating group) is 1. The van der Waals surface area contributed by atoms with Gasteiger partial charge in [0, 0.05) is 29.2 Å². The van der Waals surface area contributed by atoms with Crippen LogP contribution in [0.3, 0.4) is 0 Å². The smallest absolute Gasteiger partial charge is 0.353 e. The zero-order chi connectivity index (χ0) is 33.0. The number of ether oxygens (including phenoxy) is 4. The van der Waals surface area contributed by atoms with Crippen molar-refractivity contribution < 1.29 is 58.6 Å². The molecule has 244 valence electrons. The van der Waals surface area contributed by atoms with Crippen molar-refractivity contribution in [3.63, 3.8) is 0 Å². The number of carboxylic acids is 1. The number of aliphatic carboxylic acids is 1. The molecule has 6 rings (SSSR count). The molecule has 2 aromatic rings. The Hall–Kier alpha value is -4.30. The Morgan fingerprint density at radius 3 is 2.52 bits per heavy atom. The highest BCUT2D eigenvalue weighted by Gasteiger charge is 2.71. The summed E-state index contributed by atoms with van der Waals surface area (Å²) in [5.74, 6) is -4.31. The van der Waals surface area contributed by atoms with Gasteiger partial charge in [-0.05, 0) is 45.0 Å². The predicted molar refractivity (Wildman–Crippen MR) is 156 cm³/mol. The fourth-order valence-corrected chi connectivity index (χ4v) is 7.41. The van der Waals surface area contributed by atoms with Gasteiger partial charge in [0.05, 0.1) is 24.0 Å². The molecule has 0 saturated carbocycles. The van der Waals surface area contributed by atoms with Crippen molar-refractivity contribution in [3.05, 3.63) is 76.6 Å². The maximum atomic E-state index is 13.1. The summed E-state index contributed by atoms with van der Waals surface area (Å²) in [6.45, 7) is 1.50. The van der Waals surface area contributed by atoms with Crippen LogP contribution in [-0.4, -0.2) is 92.8 Å². The zero-order valence-electron chi connectivity index (χ0n) is 25.3. The van der Waals surface area contributed by atoms with Crippen molar-refractivity contribution >= 4 is 23.9 Å². The molecule has 4 N–H and O–H groups in total. The average Bonchev–Trinajstić information content (AvgIpc) is 3.39. The van der Waals surface area contributed by atoms with Crippen molar-refractivity contribution in [2.75, 3.05) is 13.6 Å². The van der Waals surface area contributed by atoms with Crippen LogP contribution in [0.5, 0.6) is 5.75 Å². The maximum absolute atomic E-state index is 13.1. The Kier molecular flexibility index (Phi) is 8.13. The van der Waals surface area contributed by atoms with E-state index in [0.29, 0.717) is 30.7 Å². The van der Waals surface area contributed by atoms with Gasteiger partial charge in [-0.15, -0.1) is 0 Å².